The molecule has 0 saturated heterocycles. The fourth-order valence-corrected chi connectivity index (χ4v) is 10.7. The molecule has 0 spiro atoms. The fourth-order valence-electron chi connectivity index (χ4n) is 9.96. The predicted octanol–water partition coefficient (Wildman–Crippen LogP) is 4.07. The van der Waals surface area contributed by atoms with Crippen molar-refractivity contribution in [3.63, 3.8) is 0 Å². The maximum atomic E-state index is 13.6. The lowest BCUT2D eigenvalue weighted by atomic mass is 9.32. The molecule has 5 N–H and O–H groups in total. The molecule has 43 heavy (non-hydrogen) atoms. The van der Waals surface area contributed by atoms with Gasteiger partial charge in [-0.05, 0) is 86.1 Å². The second kappa shape index (κ2) is 12.1. The van der Waals surface area contributed by atoms with Crippen LogP contribution in [-0.2, 0) is 25.7 Å². The molecule has 9 heteroatoms. The second-order valence-electron chi connectivity index (χ2n) is 14.6. The van der Waals surface area contributed by atoms with Crippen molar-refractivity contribution in [1.29, 1.82) is 0 Å². The average Bonchev–Trinajstić information content (AvgIpc) is 3.16. The Morgan fingerprint density at radius 1 is 1.21 bits per heavy atom. The Kier molecular flexibility index (Phi) is 9.14. The summed E-state index contributed by atoms with van der Waals surface area (Å²) in [5.41, 5.74) is 5.36. The second-order valence-corrected chi connectivity index (χ2v) is 15.7. The van der Waals surface area contributed by atoms with Gasteiger partial charge in [0, 0.05) is 47.6 Å². The van der Waals surface area contributed by atoms with E-state index in [-0.39, 0.29) is 51.6 Å². The highest BCUT2D eigenvalue weighted by molar-refractivity contribution is 8.00. The summed E-state index contributed by atoms with van der Waals surface area (Å²) in [5.74, 6) is 0.549. The molecule has 4 aliphatic carbocycles. The van der Waals surface area contributed by atoms with Crippen molar-refractivity contribution in [2.45, 2.75) is 96.8 Å². The molecule has 0 radical (unpaired) electrons. The summed E-state index contributed by atoms with van der Waals surface area (Å²) in [6.07, 6.45) is 3.47. The van der Waals surface area contributed by atoms with E-state index < -0.39 is 17.6 Å². The molecule has 0 aromatic heterocycles. The maximum absolute atomic E-state index is 13.6. The van der Waals surface area contributed by atoms with Gasteiger partial charge in [-0.1, -0.05) is 39.8 Å². The summed E-state index contributed by atoms with van der Waals surface area (Å²) in [7, 11) is 0. The van der Waals surface area contributed by atoms with Gasteiger partial charge in [-0.2, -0.15) is 0 Å². The number of ether oxygens (including phenoxy) is 1. The number of ketones is 1. The van der Waals surface area contributed by atoms with Crippen molar-refractivity contribution < 1.29 is 24.2 Å². The molecule has 1 aromatic rings. The third-order valence-electron chi connectivity index (χ3n) is 12.1. The summed E-state index contributed by atoms with van der Waals surface area (Å²) in [6, 6.07) is 7.83. The zero-order valence-electron chi connectivity index (χ0n) is 26.5. The van der Waals surface area contributed by atoms with Crippen LogP contribution < -0.4 is 16.4 Å². The number of carbonyl (C=O) groups is 3. The van der Waals surface area contributed by atoms with Crippen LogP contribution in [-0.4, -0.2) is 60.4 Å². The van der Waals surface area contributed by atoms with Crippen LogP contribution in [0.25, 0.3) is 0 Å². The van der Waals surface area contributed by atoms with Gasteiger partial charge in [0.2, 0.25) is 5.91 Å². The van der Waals surface area contributed by atoms with Crippen LogP contribution in [0.3, 0.4) is 0 Å². The first-order valence-electron chi connectivity index (χ1n) is 16.1. The Bertz CT molecular complexity index is 1240. The van der Waals surface area contributed by atoms with Gasteiger partial charge in [0.15, 0.2) is 0 Å². The Balaban J connectivity index is 1.41. The molecule has 5 rings (SSSR count). The maximum Gasteiger partial charge on any atom is 0.316 e. The Morgan fingerprint density at radius 2 is 1.98 bits per heavy atom. The smallest absolute Gasteiger partial charge is 0.316 e. The highest BCUT2D eigenvalue weighted by Gasteiger charge is 2.81. The first-order valence-corrected chi connectivity index (χ1v) is 17.1. The summed E-state index contributed by atoms with van der Waals surface area (Å²) in [4.78, 5) is 39.4. The molecule has 2 bridgehead atoms. The van der Waals surface area contributed by atoms with Crippen molar-refractivity contribution in [2.24, 2.45) is 45.1 Å². The minimum Gasteiger partial charge on any atom is -0.461 e. The molecular formula is C34H51N3O5S. The van der Waals surface area contributed by atoms with Crippen molar-refractivity contribution in [2.75, 3.05) is 25.4 Å². The highest BCUT2D eigenvalue weighted by atomic mass is 32.2. The third kappa shape index (κ3) is 5.46. The molecule has 1 amide bonds. The predicted molar refractivity (Wildman–Crippen MR) is 168 cm³/mol. The van der Waals surface area contributed by atoms with E-state index in [1.165, 1.54) is 18.7 Å². The first kappa shape index (κ1) is 32.5. The Labute approximate surface area is 261 Å². The van der Waals surface area contributed by atoms with E-state index in [1.807, 2.05) is 24.3 Å². The van der Waals surface area contributed by atoms with Gasteiger partial charge in [-0.15, -0.1) is 11.8 Å². The number of aliphatic hydroxyl groups excluding tert-OH is 1. The topological polar surface area (TPSA) is 131 Å². The Morgan fingerprint density at radius 3 is 2.70 bits per heavy atom. The molecule has 4 saturated carbocycles. The molecule has 0 aliphatic heterocycles. The molecule has 1 aromatic carbocycles. The van der Waals surface area contributed by atoms with Gasteiger partial charge >= 0.3 is 5.97 Å². The van der Waals surface area contributed by atoms with Crippen LogP contribution in [0.4, 0.5) is 0 Å². The summed E-state index contributed by atoms with van der Waals surface area (Å²) < 4.78 is 6.53. The number of rotatable bonds is 11. The van der Waals surface area contributed by atoms with Crippen LogP contribution in [0.1, 0.15) is 78.7 Å². The molecule has 1 unspecified atom stereocenters. The van der Waals surface area contributed by atoms with E-state index >= 15 is 0 Å². The van der Waals surface area contributed by atoms with Gasteiger partial charge < -0.3 is 26.2 Å². The summed E-state index contributed by atoms with van der Waals surface area (Å²) in [6.45, 7) is 12.8. The number of hydrogen-bond donors (Lipinski definition) is 4. The monoisotopic (exact) mass is 613 g/mol. The number of esters is 1. The number of aliphatic hydroxyl groups is 1. The van der Waals surface area contributed by atoms with E-state index in [9.17, 15) is 19.5 Å². The minimum absolute atomic E-state index is 0.0432. The first-order chi connectivity index (χ1) is 20.3. The van der Waals surface area contributed by atoms with E-state index in [0.29, 0.717) is 38.3 Å². The number of nitrogens with one attached hydrogen (secondary N) is 2. The van der Waals surface area contributed by atoms with Crippen LogP contribution in [0.5, 0.6) is 0 Å². The molecule has 0 heterocycles. The summed E-state index contributed by atoms with van der Waals surface area (Å²) in [5, 5.41) is 18.4. The third-order valence-corrected chi connectivity index (χ3v) is 13.1. The van der Waals surface area contributed by atoms with Gasteiger partial charge in [0.1, 0.15) is 11.9 Å². The van der Waals surface area contributed by atoms with E-state index in [0.717, 1.165) is 42.7 Å². The fraction of sp³-hybridized carbons (Fsp3) is 0.735. The lowest BCUT2D eigenvalue weighted by molar-refractivity contribution is -0.261. The van der Waals surface area contributed by atoms with Crippen LogP contribution in [0.15, 0.2) is 29.2 Å². The molecule has 4 aliphatic rings. The van der Waals surface area contributed by atoms with Gasteiger partial charge in [0.25, 0.3) is 0 Å². The molecule has 238 valence electrons. The van der Waals surface area contributed by atoms with Gasteiger partial charge in [0.05, 0.1) is 11.9 Å². The van der Waals surface area contributed by atoms with Crippen molar-refractivity contribution >= 4 is 29.4 Å². The molecular weight excluding hydrogens is 562 g/mol. The number of hydrogen-bond acceptors (Lipinski definition) is 8. The largest absolute Gasteiger partial charge is 0.461 e. The van der Waals surface area contributed by atoms with E-state index in [2.05, 4.69) is 38.3 Å². The quantitative estimate of drug-likeness (QED) is 0.167. The molecule has 8 nitrogen and oxygen atoms in total. The lowest BCUT2D eigenvalue weighted by Gasteiger charge is -2.72. The number of carbonyl (C=O) groups excluding carboxylic acids is 3. The Hall–Kier alpha value is -1.94. The number of benzene rings is 1. The minimum atomic E-state index is -0.591. The zero-order valence-corrected chi connectivity index (χ0v) is 27.4. The molecule has 9 atom stereocenters. The highest BCUT2D eigenvalue weighted by Crippen LogP contribution is 2.82. The zero-order chi connectivity index (χ0) is 31.2. The molecule has 4 fully saturated rings. The van der Waals surface area contributed by atoms with Crippen LogP contribution in [0, 0.1) is 39.4 Å². The van der Waals surface area contributed by atoms with Crippen LogP contribution >= 0.6 is 11.8 Å². The number of nitrogens with two attached hydrogens (primary N) is 1. The van der Waals surface area contributed by atoms with Crippen LogP contribution in [0.2, 0.25) is 0 Å². The number of amides is 1. The van der Waals surface area contributed by atoms with Crippen molar-refractivity contribution in [3.8, 4) is 0 Å². The number of Topliss-reactive ketones (excluding diaryl/α,β-unsaturated/α-hetero) is 1. The lowest BCUT2D eigenvalue weighted by Crippen LogP contribution is -2.72. The van der Waals surface area contributed by atoms with E-state index in [4.69, 9.17) is 10.5 Å². The van der Waals surface area contributed by atoms with Gasteiger partial charge in [-0.25, -0.2) is 0 Å². The SMILES string of the molecule is CC(=O)NCc1cccc(SCC(=O)O[C@@H]2C[C@](C)(CNCCCN)[C@@H](O)[C@H](C)[C@]34CCC(=O)C5(C[C@@H](C)[C@]2(C)[C@H]53)C4)c1. The van der Waals surface area contributed by atoms with Crippen molar-refractivity contribution in [3.05, 3.63) is 29.8 Å². The normalized spacial score (nSPS) is 39.7. The standard InChI is InChI=1S/C34H51N3O5S/c1-21-15-34-19-33(11-10-26(34)39)22(2)29(41)31(4,20-36-13-7-12-35)16-27(32(21,5)30(33)34)42-28(40)18-43-25-9-6-8-24(14-25)17-37-23(3)38/h6,8-9,14,21-22,27,29-30,36,41H,7,10-13,15-20,35H2,1-5H3,(H,37,38)/t21-,22+,27-,29+,30+,31-,32+,33-,34?/m1/s1. The van der Waals surface area contributed by atoms with Gasteiger partial charge in [-0.3, -0.25) is 14.4 Å². The number of thioether (sulfide) groups is 1. The van der Waals surface area contributed by atoms with E-state index in [1.54, 1.807) is 0 Å². The summed E-state index contributed by atoms with van der Waals surface area (Å²) >= 11 is 1.43. The average molecular weight is 614 g/mol. The van der Waals surface area contributed by atoms with Crippen molar-refractivity contribution in [1.82, 2.24) is 10.6 Å².